The Labute approximate surface area is 92.8 Å². The highest BCUT2D eigenvalue weighted by atomic mass is 35.5. The van der Waals surface area contributed by atoms with Crippen molar-refractivity contribution in [2.45, 2.75) is 29.9 Å². The van der Waals surface area contributed by atoms with E-state index in [1.54, 1.807) is 18.7 Å². The van der Waals surface area contributed by atoms with Crippen LogP contribution in [0, 0.1) is 0 Å². The number of carbonyl (C=O) groups is 1. The van der Waals surface area contributed by atoms with Gasteiger partial charge >= 0.3 is 0 Å². The molecule has 0 bridgehead atoms. The third-order valence-corrected chi connectivity index (χ3v) is 3.97. The molecule has 0 radical (unpaired) electrons. The number of ketones is 1. The number of fused-ring (bicyclic) bond motifs is 1. The van der Waals surface area contributed by atoms with Crippen LogP contribution in [0.5, 0.6) is 0 Å². The molecule has 0 aromatic heterocycles. The average molecular weight is 227 g/mol. The van der Waals surface area contributed by atoms with Crippen LogP contribution in [0.1, 0.15) is 18.9 Å². The highest BCUT2D eigenvalue weighted by Crippen LogP contribution is 2.41. The lowest BCUT2D eigenvalue weighted by Crippen LogP contribution is -2.06. The Hall–Kier alpha value is -0.470. The van der Waals surface area contributed by atoms with Gasteiger partial charge in [-0.1, -0.05) is 17.7 Å². The number of hydrogen-bond acceptors (Lipinski definition) is 2. The molecule has 74 valence electrons. The minimum Gasteiger partial charge on any atom is -0.300 e. The first-order valence-electron chi connectivity index (χ1n) is 4.60. The molecule has 0 amide bonds. The van der Waals surface area contributed by atoms with Crippen LogP contribution < -0.4 is 0 Å². The summed E-state index contributed by atoms with van der Waals surface area (Å²) in [5.41, 5.74) is 1.21. The quantitative estimate of drug-likeness (QED) is 0.770. The second-order valence-electron chi connectivity index (χ2n) is 3.57. The largest absolute Gasteiger partial charge is 0.300 e. The predicted octanol–water partition coefficient (Wildman–Crippen LogP) is 3.34. The Morgan fingerprint density at radius 2 is 2.43 bits per heavy atom. The zero-order chi connectivity index (χ0) is 10.1. The molecule has 14 heavy (non-hydrogen) atoms. The molecule has 1 aliphatic rings. The van der Waals surface area contributed by atoms with Gasteiger partial charge in [-0.15, -0.1) is 11.8 Å². The van der Waals surface area contributed by atoms with E-state index in [2.05, 4.69) is 6.07 Å². The highest BCUT2D eigenvalue weighted by molar-refractivity contribution is 8.00. The van der Waals surface area contributed by atoms with E-state index in [1.165, 1.54) is 10.5 Å². The molecule has 1 aliphatic heterocycles. The Bertz CT molecular complexity index is 376. The average Bonchev–Trinajstić information content (AvgIpc) is 2.47. The van der Waals surface area contributed by atoms with Crippen molar-refractivity contribution < 1.29 is 4.79 Å². The van der Waals surface area contributed by atoms with Crippen LogP contribution in [0.4, 0.5) is 0 Å². The second-order valence-corrected chi connectivity index (χ2v) is 5.32. The van der Waals surface area contributed by atoms with Gasteiger partial charge in [0.2, 0.25) is 0 Å². The Morgan fingerprint density at radius 1 is 1.64 bits per heavy atom. The van der Waals surface area contributed by atoms with E-state index in [-0.39, 0.29) is 5.78 Å². The molecular formula is C11H11ClOS. The molecule has 0 saturated carbocycles. The molecule has 1 nitrogen and oxygen atoms in total. The first kappa shape index (κ1) is 10.1. The van der Waals surface area contributed by atoms with E-state index >= 15 is 0 Å². The van der Waals surface area contributed by atoms with Crippen molar-refractivity contribution in [2.24, 2.45) is 0 Å². The maximum absolute atomic E-state index is 11.0. The van der Waals surface area contributed by atoms with Gasteiger partial charge in [-0.25, -0.2) is 0 Å². The van der Waals surface area contributed by atoms with Crippen LogP contribution in [-0.4, -0.2) is 11.0 Å². The van der Waals surface area contributed by atoms with Gasteiger partial charge in [0.05, 0.1) is 0 Å². The summed E-state index contributed by atoms with van der Waals surface area (Å²) in [5, 5.41) is 1.23. The topological polar surface area (TPSA) is 17.1 Å². The number of thioether (sulfide) groups is 1. The van der Waals surface area contributed by atoms with Crippen LogP contribution in [0.15, 0.2) is 23.1 Å². The maximum atomic E-state index is 11.0. The minimum absolute atomic E-state index is 0.256. The maximum Gasteiger partial charge on any atom is 0.130 e. The first-order chi connectivity index (χ1) is 6.66. The molecule has 0 N–H and O–H groups in total. The molecule has 0 spiro atoms. The molecule has 0 saturated heterocycles. The molecular weight excluding hydrogens is 216 g/mol. The van der Waals surface area contributed by atoms with Crippen LogP contribution in [0.3, 0.4) is 0 Å². The van der Waals surface area contributed by atoms with Crippen molar-refractivity contribution in [3.05, 3.63) is 28.8 Å². The lowest BCUT2D eigenvalue weighted by molar-refractivity contribution is -0.116. The fourth-order valence-electron chi connectivity index (χ4n) is 1.73. The van der Waals surface area contributed by atoms with E-state index in [9.17, 15) is 4.79 Å². The summed E-state index contributed by atoms with van der Waals surface area (Å²) >= 11 is 7.85. The summed E-state index contributed by atoms with van der Waals surface area (Å²) < 4.78 is 0. The first-order valence-corrected chi connectivity index (χ1v) is 5.86. The fourth-order valence-corrected chi connectivity index (χ4v) is 3.46. The van der Waals surface area contributed by atoms with E-state index < -0.39 is 0 Å². The van der Waals surface area contributed by atoms with Gasteiger partial charge in [0.1, 0.15) is 5.78 Å². The number of Topliss-reactive ketones (excluding diaryl/α,β-unsaturated/α-hetero) is 1. The Balaban J connectivity index is 2.18. The number of benzene rings is 1. The van der Waals surface area contributed by atoms with E-state index in [4.69, 9.17) is 11.6 Å². The molecule has 1 aromatic rings. The summed E-state index contributed by atoms with van der Waals surface area (Å²) in [5.74, 6) is 0.256. The molecule has 0 aliphatic carbocycles. The third kappa shape index (κ3) is 1.96. The van der Waals surface area contributed by atoms with Gasteiger partial charge in [-0.2, -0.15) is 0 Å². The zero-order valence-corrected chi connectivity index (χ0v) is 9.49. The Morgan fingerprint density at radius 3 is 3.07 bits per heavy atom. The summed E-state index contributed by atoms with van der Waals surface area (Å²) in [4.78, 5) is 12.2. The number of rotatable bonds is 2. The van der Waals surface area contributed by atoms with Gasteiger partial charge in [0.25, 0.3) is 0 Å². The van der Waals surface area contributed by atoms with Crippen molar-refractivity contribution in [1.29, 1.82) is 0 Å². The summed E-state index contributed by atoms with van der Waals surface area (Å²) in [6, 6.07) is 5.95. The lowest BCUT2D eigenvalue weighted by atomic mass is 10.1. The van der Waals surface area contributed by atoms with E-state index in [0.29, 0.717) is 11.7 Å². The van der Waals surface area contributed by atoms with E-state index in [1.807, 2.05) is 12.1 Å². The molecule has 1 aromatic carbocycles. The van der Waals surface area contributed by atoms with E-state index in [0.717, 1.165) is 11.4 Å². The van der Waals surface area contributed by atoms with Crippen LogP contribution >= 0.6 is 23.4 Å². The predicted molar refractivity (Wildman–Crippen MR) is 60.1 cm³/mol. The summed E-state index contributed by atoms with van der Waals surface area (Å²) in [7, 11) is 0. The van der Waals surface area contributed by atoms with Crippen molar-refractivity contribution >= 4 is 29.1 Å². The van der Waals surface area contributed by atoms with Crippen molar-refractivity contribution in [3.8, 4) is 0 Å². The molecule has 0 fully saturated rings. The molecule has 1 unspecified atom stereocenters. The van der Waals surface area contributed by atoms with Gasteiger partial charge in [-0.3, -0.25) is 4.79 Å². The Kier molecular flexibility index (Phi) is 2.84. The molecule has 1 heterocycles. The number of halogens is 1. The monoisotopic (exact) mass is 226 g/mol. The molecule has 2 rings (SSSR count). The SMILES string of the molecule is CC(=O)CC1Cc2c(Cl)cccc2S1. The van der Waals surface area contributed by atoms with Gasteiger partial charge < -0.3 is 0 Å². The summed E-state index contributed by atoms with van der Waals surface area (Å²) in [6.07, 6.45) is 1.58. The smallest absolute Gasteiger partial charge is 0.130 e. The fraction of sp³-hybridized carbons (Fsp3) is 0.364. The van der Waals surface area contributed by atoms with Gasteiger partial charge in [0, 0.05) is 21.6 Å². The van der Waals surface area contributed by atoms with Gasteiger partial charge in [-0.05, 0) is 31.0 Å². The van der Waals surface area contributed by atoms with Gasteiger partial charge in [0.15, 0.2) is 0 Å². The minimum atomic E-state index is 0.256. The standard InChI is InChI=1S/C11H11ClOS/c1-7(13)5-8-6-9-10(12)3-2-4-11(9)14-8/h2-4,8H,5-6H2,1H3. The van der Waals surface area contributed by atoms with Crippen molar-refractivity contribution in [3.63, 3.8) is 0 Å². The molecule has 3 heteroatoms. The lowest BCUT2D eigenvalue weighted by Gasteiger charge is -2.03. The highest BCUT2D eigenvalue weighted by Gasteiger charge is 2.24. The summed E-state index contributed by atoms with van der Waals surface area (Å²) in [6.45, 7) is 1.64. The molecule has 1 atom stereocenters. The number of hydrogen-bond donors (Lipinski definition) is 0. The van der Waals surface area contributed by atoms with Crippen LogP contribution in [0.25, 0.3) is 0 Å². The van der Waals surface area contributed by atoms with Crippen LogP contribution in [0.2, 0.25) is 5.02 Å². The normalized spacial score (nSPS) is 19.4. The third-order valence-electron chi connectivity index (χ3n) is 2.32. The zero-order valence-electron chi connectivity index (χ0n) is 7.92. The number of carbonyl (C=O) groups excluding carboxylic acids is 1. The van der Waals surface area contributed by atoms with Crippen LogP contribution in [-0.2, 0) is 11.2 Å². The van der Waals surface area contributed by atoms with Crippen molar-refractivity contribution in [2.75, 3.05) is 0 Å². The second kappa shape index (κ2) is 3.95. The van der Waals surface area contributed by atoms with Crippen molar-refractivity contribution in [1.82, 2.24) is 0 Å².